The molecule has 5 rings (SSSR count). The zero-order valence-corrected chi connectivity index (χ0v) is 25.5. The molecule has 3 aromatic carbocycles. The average Bonchev–Trinajstić information content (AvgIpc) is 3.45. The topological polar surface area (TPSA) is 87.7 Å². The Hall–Kier alpha value is -2.82. The van der Waals surface area contributed by atoms with E-state index in [0.29, 0.717) is 12.1 Å². The molecule has 1 fully saturated rings. The highest BCUT2D eigenvalue weighted by molar-refractivity contribution is 7.89. The monoisotopic (exact) mass is 615 g/mol. The van der Waals surface area contributed by atoms with Gasteiger partial charge in [-0.05, 0) is 87.4 Å². The summed E-state index contributed by atoms with van der Waals surface area (Å²) in [6.45, 7) is 7.29. The maximum Gasteiger partial charge on any atom is 0.252 e. The average molecular weight is 617 g/mol. The summed E-state index contributed by atoms with van der Waals surface area (Å²) in [5.41, 5.74) is 2.27. The van der Waals surface area contributed by atoms with Crippen molar-refractivity contribution in [3.05, 3.63) is 76.3 Å². The number of hydrogen-bond donors (Lipinski definition) is 0. The van der Waals surface area contributed by atoms with Gasteiger partial charge in [0.05, 0.1) is 27.3 Å². The molecule has 40 heavy (non-hydrogen) atoms. The number of imide groups is 1. The van der Waals surface area contributed by atoms with Crippen molar-refractivity contribution in [3.8, 4) is 10.6 Å². The second kappa shape index (κ2) is 10.5. The zero-order valence-electron chi connectivity index (χ0n) is 22.3. The highest BCUT2D eigenvalue weighted by atomic mass is 35.5. The third-order valence-corrected chi connectivity index (χ3v) is 11.1. The van der Waals surface area contributed by atoms with Crippen LogP contribution in [0.5, 0.6) is 0 Å². The maximum absolute atomic E-state index is 14.0. The van der Waals surface area contributed by atoms with Crippen molar-refractivity contribution in [2.24, 2.45) is 0 Å². The van der Waals surface area contributed by atoms with Gasteiger partial charge in [-0.25, -0.2) is 18.3 Å². The minimum atomic E-state index is -4.32. The van der Waals surface area contributed by atoms with Gasteiger partial charge in [-0.15, -0.1) is 11.3 Å². The SMILES string of the molecule is CCC(C)(C)N(C1CC(=O)N(c2ccc(-c3nc4ccc(C)cc4s3)cc2)C1=O)S(=O)(=O)c1cc(Cl)ccc1Cl. The van der Waals surface area contributed by atoms with Gasteiger partial charge in [0.15, 0.2) is 0 Å². The first-order valence-corrected chi connectivity index (χ1v) is 15.7. The van der Waals surface area contributed by atoms with Crippen LogP contribution in [0.15, 0.2) is 65.6 Å². The van der Waals surface area contributed by atoms with Crippen molar-refractivity contribution < 1.29 is 18.0 Å². The summed E-state index contributed by atoms with van der Waals surface area (Å²) in [6, 6.07) is 16.0. The van der Waals surface area contributed by atoms with E-state index >= 15 is 0 Å². The second-order valence-electron chi connectivity index (χ2n) is 10.4. The third kappa shape index (κ3) is 5.05. The lowest BCUT2D eigenvalue weighted by Crippen LogP contribution is -2.55. The third-order valence-electron chi connectivity index (χ3n) is 7.21. The maximum atomic E-state index is 14.0. The van der Waals surface area contributed by atoms with Crippen molar-refractivity contribution in [2.75, 3.05) is 4.90 Å². The molecule has 1 aliphatic rings. The molecule has 0 radical (unpaired) electrons. The summed E-state index contributed by atoms with van der Waals surface area (Å²) in [5.74, 6) is -1.10. The normalized spacial score (nSPS) is 16.5. The first-order chi connectivity index (χ1) is 18.8. The Kier molecular flexibility index (Phi) is 7.56. The van der Waals surface area contributed by atoms with Gasteiger partial charge in [0.2, 0.25) is 15.9 Å². The molecule has 1 aromatic heterocycles. The van der Waals surface area contributed by atoms with Crippen LogP contribution in [0.4, 0.5) is 5.69 Å². The van der Waals surface area contributed by atoms with Gasteiger partial charge in [0, 0.05) is 16.1 Å². The number of sulfonamides is 1. The molecule has 7 nitrogen and oxygen atoms in total. The summed E-state index contributed by atoms with van der Waals surface area (Å²) < 4.78 is 30.2. The summed E-state index contributed by atoms with van der Waals surface area (Å²) in [7, 11) is -4.32. The molecule has 2 amide bonds. The molecule has 1 unspecified atom stereocenters. The van der Waals surface area contributed by atoms with Gasteiger partial charge in [0.1, 0.15) is 15.9 Å². The van der Waals surface area contributed by atoms with Gasteiger partial charge in [-0.2, -0.15) is 4.31 Å². The summed E-state index contributed by atoms with van der Waals surface area (Å²) in [5, 5.41) is 0.996. The number of halogens is 2. The van der Waals surface area contributed by atoms with E-state index in [0.717, 1.165) is 35.6 Å². The van der Waals surface area contributed by atoms with E-state index in [9.17, 15) is 18.0 Å². The van der Waals surface area contributed by atoms with Crippen LogP contribution in [0.3, 0.4) is 0 Å². The fraction of sp³-hybridized carbons (Fsp3) is 0.276. The number of anilines is 1. The standard InChI is InChI=1S/C29H27Cl2N3O4S2/c1-5-29(3,4)34(40(37,38)25-15-19(30)9-12-21(25)31)23-16-26(35)33(28(23)36)20-10-7-18(8-11-20)27-32-22-13-6-17(2)14-24(22)39-27/h6-15,23H,5,16H2,1-4H3. The van der Waals surface area contributed by atoms with E-state index in [1.165, 1.54) is 18.2 Å². The van der Waals surface area contributed by atoms with Crippen LogP contribution in [-0.2, 0) is 19.6 Å². The molecule has 0 N–H and O–H groups in total. The predicted octanol–water partition coefficient (Wildman–Crippen LogP) is 7.09. The molecular weight excluding hydrogens is 589 g/mol. The molecule has 4 aromatic rings. The van der Waals surface area contributed by atoms with Crippen LogP contribution in [0, 0.1) is 6.92 Å². The Labute approximate surface area is 247 Å². The Morgan fingerprint density at radius 1 is 1.05 bits per heavy atom. The zero-order chi connectivity index (χ0) is 29.0. The highest BCUT2D eigenvalue weighted by Crippen LogP contribution is 2.39. The number of rotatable bonds is 7. The molecule has 11 heteroatoms. The number of aryl methyl sites for hydroxylation is 1. The highest BCUT2D eigenvalue weighted by Gasteiger charge is 2.51. The first-order valence-electron chi connectivity index (χ1n) is 12.7. The largest absolute Gasteiger partial charge is 0.274 e. The summed E-state index contributed by atoms with van der Waals surface area (Å²) in [6.07, 6.45) is 0.0947. The quantitative estimate of drug-likeness (QED) is 0.207. The lowest BCUT2D eigenvalue weighted by atomic mass is 10.00. The number of carbonyl (C=O) groups excluding carboxylic acids is 2. The predicted molar refractivity (Wildman–Crippen MR) is 161 cm³/mol. The number of hydrogen-bond acceptors (Lipinski definition) is 6. The van der Waals surface area contributed by atoms with Crippen molar-refractivity contribution in [1.82, 2.24) is 9.29 Å². The van der Waals surface area contributed by atoms with Crippen molar-refractivity contribution >= 4 is 72.3 Å². The van der Waals surface area contributed by atoms with E-state index < -0.39 is 33.4 Å². The minimum Gasteiger partial charge on any atom is -0.274 e. The van der Waals surface area contributed by atoms with Crippen LogP contribution >= 0.6 is 34.5 Å². The Morgan fingerprint density at radius 2 is 1.75 bits per heavy atom. The molecule has 208 valence electrons. The molecule has 0 aliphatic carbocycles. The number of benzene rings is 3. The molecule has 1 aliphatic heterocycles. The summed E-state index contributed by atoms with van der Waals surface area (Å²) in [4.78, 5) is 32.6. The van der Waals surface area contributed by atoms with Crippen LogP contribution in [0.1, 0.15) is 39.2 Å². The molecule has 1 atom stereocenters. The van der Waals surface area contributed by atoms with Crippen LogP contribution in [0.2, 0.25) is 10.0 Å². The van der Waals surface area contributed by atoms with Gasteiger partial charge in [-0.3, -0.25) is 9.59 Å². The van der Waals surface area contributed by atoms with Gasteiger partial charge in [-0.1, -0.05) is 36.2 Å². The number of aromatic nitrogens is 1. The van der Waals surface area contributed by atoms with Crippen LogP contribution in [-0.4, -0.2) is 41.1 Å². The van der Waals surface area contributed by atoms with E-state index in [1.807, 2.05) is 38.1 Å². The van der Waals surface area contributed by atoms with Gasteiger partial charge >= 0.3 is 0 Å². The van der Waals surface area contributed by atoms with Crippen molar-refractivity contribution in [3.63, 3.8) is 0 Å². The van der Waals surface area contributed by atoms with Crippen molar-refractivity contribution in [2.45, 2.75) is 57.0 Å². The van der Waals surface area contributed by atoms with E-state index in [-0.39, 0.29) is 21.4 Å². The number of carbonyl (C=O) groups is 2. The first kappa shape index (κ1) is 28.7. The molecule has 0 bridgehead atoms. The number of fused-ring (bicyclic) bond motifs is 1. The minimum absolute atomic E-state index is 0.0180. The molecule has 2 heterocycles. The number of nitrogens with zero attached hydrogens (tertiary/aromatic N) is 3. The Bertz CT molecular complexity index is 1750. The Balaban J connectivity index is 1.49. The van der Waals surface area contributed by atoms with Gasteiger partial charge < -0.3 is 0 Å². The summed E-state index contributed by atoms with van der Waals surface area (Å²) >= 11 is 13.9. The fourth-order valence-corrected chi connectivity index (χ4v) is 8.63. The lowest BCUT2D eigenvalue weighted by Gasteiger charge is -2.39. The fourth-order valence-electron chi connectivity index (χ4n) is 4.83. The van der Waals surface area contributed by atoms with Crippen LogP contribution < -0.4 is 4.90 Å². The van der Waals surface area contributed by atoms with E-state index in [1.54, 1.807) is 37.3 Å². The van der Waals surface area contributed by atoms with E-state index in [4.69, 9.17) is 28.2 Å². The Morgan fingerprint density at radius 3 is 2.42 bits per heavy atom. The molecule has 1 saturated heterocycles. The molecular formula is C29H27Cl2N3O4S2. The molecule has 0 spiro atoms. The van der Waals surface area contributed by atoms with E-state index in [2.05, 4.69) is 6.07 Å². The van der Waals surface area contributed by atoms with Crippen molar-refractivity contribution in [1.29, 1.82) is 0 Å². The molecule has 0 saturated carbocycles. The number of thiazole rings is 1. The van der Waals surface area contributed by atoms with Gasteiger partial charge in [0.25, 0.3) is 5.91 Å². The number of amides is 2. The smallest absolute Gasteiger partial charge is 0.252 e. The van der Waals surface area contributed by atoms with Crippen LogP contribution in [0.25, 0.3) is 20.8 Å². The second-order valence-corrected chi connectivity index (χ2v) is 14.0. The lowest BCUT2D eigenvalue weighted by molar-refractivity contribution is -0.122.